The highest BCUT2D eigenvalue weighted by Gasteiger charge is 2.60. The number of carbonyl (C=O) groups excluding carboxylic acids is 2. The molecule has 1 unspecified atom stereocenters. The number of hydrogen-bond donors (Lipinski definition) is 0. The van der Waals surface area contributed by atoms with Crippen molar-refractivity contribution in [3.05, 3.63) is 60.2 Å². The van der Waals surface area contributed by atoms with E-state index in [9.17, 15) is 9.59 Å². The van der Waals surface area contributed by atoms with Crippen LogP contribution in [0, 0.1) is 0 Å². The maximum Gasteiger partial charge on any atom is 0.365 e. The van der Waals surface area contributed by atoms with Crippen LogP contribution in [0.15, 0.2) is 64.8 Å². The molecule has 0 fully saturated rings. The van der Waals surface area contributed by atoms with Gasteiger partial charge in [-0.05, 0) is 55.1 Å². The molecule has 0 bridgehead atoms. The Kier molecular flexibility index (Phi) is 5.79. The molecule has 2 aliphatic rings. The third-order valence-corrected chi connectivity index (χ3v) is 6.36. The highest BCUT2D eigenvalue weighted by Crippen LogP contribution is 2.48. The number of ether oxygens (including phenoxy) is 2. The molecule has 4 rings (SSSR count). The van der Waals surface area contributed by atoms with Crippen molar-refractivity contribution in [3.8, 4) is 5.75 Å². The quantitative estimate of drug-likeness (QED) is 0.644. The molecule has 0 aliphatic carbocycles. The maximum absolute atomic E-state index is 12.8. The molecular formula is C22H23N5O4S. The third-order valence-electron chi connectivity index (χ3n) is 5.02. The zero-order valence-corrected chi connectivity index (χ0v) is 19.0. The Hall–Kier alpha value is -3.53. The highest BCUT2D eigenvalue weighted by atomic mass is 32.2. The van der Waals surface area contributed by atoms with Gasteiger partial charge in [-0.3, -0.25) is 4.79 Å². The molecule has 1 spiro atoms. The van der Waals surface area contributed by atoms with Crippen molar-refractivity contribution in [2.75, 3.05) is 25.8 Å². The predicted octanol–water partition coefficient (Wildman–Crippen LogP) is 2.89. The molecule has 2 aromatic rings. The molecule has 9 nitrogen and oxygen atoms in total. The van der Waals surface area contributed by atoms with Crippen molar-refractivity contribution in [1.82, 2.24) is 9.91 Å². The van der Waals surface area contributed by atoms with Crippen molar-refractivity contribution >= 4 is 40.2 Å². The van der Waals surface area contributed by atoms with Crippen LogP contribution < -0.4 is 9.75 Å². The van der Waals surface area contributed by atoms with Gasteiger partial charge in [0.05, 0.1) is 19.4 Å². The first-order valence-corrected chi connectivity index (χ1v) is 10.8. The van der Waals surface area contributed by atoms with E-state index in [0.717, 1.165) is 17.3 Å². The van der Waals surface area contributed by atoms with Crippen LogP contribution in [-0.4, -0.2) is 58.5 Å². The van der Waals surface area contributed by atoms with Crippen LogP contribution in [0.5, 0.6) is 5.75 Å². The van der Waals surface area contributed by atoms with Gasteiger partial charge in [0.1, 0.15) is 5.75 Å². The first kappa shape index (κ1) is 21.7. The SMILES string of the molecule is CCOC(=O)C1=NN(c2ccccc2)C2(S1)N(C)C(c1ccc(OC)cc1)=NN2C(C)=O. The van der Waals surface area contributed by atoms with Gasteiger partial charge in [0.2, 0.25) is 11.0 Å². The number of benzene rings is 2. The van der Waals surface area contributed by atoms with E-state index < -0.39 is 11.1 Å². The van der Waals surface area contributed by atoms with Gasteiger partial charge in [0, 0.05) is 19.5 Å². The average molecular weight is 454 g/mol. The molecule has 166 valence electrons. The van der Waals surface area contributed by atoms with Crippen LogP contribution in [0.2, 0.25) is 0 Å². The average Bonchev–Trinajstić information content (AvgIpc) is 3.34. The van der Waals surface area contributed by atoms with Crippen LogP contribution >= 0.6 is 11.8 Å². The Morgan fingerprint density at radius 2 is 1.75 bits per heavy atom. The van der Waals surface area contributed by atoms with Crippen LogP contribution in [0.4, 0.5) is 5.69 Å². The second-order valence-electron chi connectivity index (χ2n) is 6.99. The van der Waals surface area contributed by atoms with Gasteiger partial charge in [-0.2, -0.15) is 10.1 Å². The minimum Gasteiger partial charge on any atom is -0.497 e. The van der Waals surface area contributed by atoms with E-state index in [1.807, 2.05) is 66.5 Å². The summed E-state index contributed by atoms with van der Waals surface area (Å²) in [6.45, 7) is 3.38. The lowest BCUT2D eigenvalue weighted by atomic mass is 10.2. The van der Waals surface area contributed by atoms with Gasteiger partial charge in [0.25, 0.3) is 5.12 Å². The summed E-state index contributed by atoms with van der Waals surface area (Å²) in [6, 6.07) is 16.7. The number of hydrogen-bond acceptors (Lipinski definition) is 9. The molecule has 2 heterocycles. The van der Waals surface area contributed by atoms with E-state index in [2.05, 4.69) is 10.2 Å². The molecule has 0 aromatic heterocycles. The molecule has 0 radical (unpaired) electrons. The second kappa shape index (κ2) is 8.54. The van der Waals surface area contributed by atoms with Crippen LogP contribution in [-0.2, 0) is 14.3 Å². The summed E-state index contributed by atoms with van der Waals surface area (Å²) in [5.74, 6) is 0.415. The fraction of sp³-hybridized carbons (Fsp3) is 0.273. The van der Waals surface area contributed by atoms with E-state index in [1.54, 1.807) is 19.0 Å². The Balaban J connectivity index is 1.82. The Morgan fingerprint density at radius 1 is 1.06 bits per heavy atom. The fourth-order valence-corrected chi connectivity index (χ4v) is 4.77. The minimum atomic E-state index is -1.25. The molecule has 1 atom stereocenters. The Labute approximate surface area is 190 Å². The lowest BCUT2D eigenvalue weighted by Crippen LogP contribution is -2.61. The first-order chi connectivity index (χ1) is 15.4. The third kappa shape index (κ3) is 3.46. The monoisotopic (exact) mass is 453 g/mol. The minimum absolute atomic E-state index is 0.139. The summed E-state index contributed by atoms with van der Waals surface area (Å²) < 4.78 is 10.4. The molecule has 10 heteroatoms. The van der Waals surface area contributed by atoms with Gasteiger partial charge in [-0.15, -0.1) is 5.10 Å². The summed E-state index contributed by atoms with van der Waals surface area (Å²) in [6.07, 6.45) is 0. The number of amides is 1. The highest BCUT2D eigenvalue weighted by molar-refractivity contribution is 8.17. The molecule has 1 amide bonds. The topological polar surface area (TPSA) is 87.0 Å². The number of hydrazone groups is 2. The summed E-state index contributed by atoms with van der Waals surface area (Å²) in [5, 5.41) is 11.1. The number of nitrogens with zero attached hydrogens (tertiary/aromatic N) is 5. The van der Waals surface area contributed by atoms with Gasteiger partial charge >= 0.3 is 5.97 Å². The van der Waals surface area contributed by atoms with E-state index in [0.29, 0.717) is 17.3 Å². The predicted molar refractivity (Wildman–Crippen MR) is 123 cm³/mol. The van der Waals surface area contributed by atoms with Gasteiger partial charge in [0.15, 0.2) is 5.84 Å². The zero-order valence-electron chi connectivity index (χ0n) is 18.2. The number of methoxy groups -OCH3 is 1. The van der Waals surface area contributed by atoms with Crippen molar-refractivity contribution < 1.29 is 19.1 Å². The van der Waals surface area contributed by atoms with Crippen LogP contribution in [0.3, 0.4) is 0 Å². The largest absolute Gasteiger partial charge is 0.497 e. The zero-order chi connectivity index (χ0) is 22.9. The molecule has 2 aromatic carbocycles. The number of rotatable bonds is 5. The van der Waals surface area contributed by atoms with Gasteiger partial charge < -0.3 is 14.4 Å². The van der Waals surface area contributed by atoms with Crippen LogP contribution in [0.25, 0.3) is 0 Å². The van der Waals surface area contributed by atoms with Crippen molar-refractivity contribution in [2.24, 2.45) is 10.2 Å². The van der Waals surface area contributed by atoms with Crippen molar-refractivity contribution in [2.45, 2.75) is 19.0 Å². The molecule has 0 saturated carbocycles. The van der Waals surface area contributed by atoms with Gasteiger partial charge in [-0.1, -0.05) is 18.2 Å². The Bertz CT molecular complexity index is 1090. The number of thioether (sulfide) groups is 1. The lowest BCUT2D eigenvalue weighted by molar-refractivity contribution is -0.135. The summed E-state index contributed by atoms with van der Waals surface area (Å²) in [7, 11) is 3.42. The van der Waals surface area contributed by atoms with Crippen LogP contribution in [0.1, 0.15) is 19.4 Å². The molecule has 0 saturated heterocycles. The van der Waals surface area contributed by atoms with E-state index in [4.69, 9.17) is 9.47 Å². The smallest absolute Gasteiger partial charge is 0.365 e. The Morgan fingerprint density at radius 3 is 2.34 bits per heavy atom. The number of esters is 1. The maximum atomic E-state index is 12.8. The van der Waals surface area contributed by atoms with Crippen molar-refractivity contribution in [3.63, 3.8) is 0 Å². The number of anilines is 1. The second-order valence-corrected chi connectivity index (χ2v) is 8.13. The number of carbonyl (C=O) groups is 2. The normalized spacial score (nSPS) is 19.8. The summed E-state index contributed by atoms with van der Waals surface area (Å²) >= 11 is 1.12. The molecule has 0 N–H and O–H groups in total. The first-order valence-electron chi connectivity index (χ1n) is 10.00. The molecular weight excluding hydrogens is 430 g/mol. The summed E-state index contributed by atoms with van der Waals surface area (Å²) in [4.78, 5) is 27.2. The lowest BCUT2D eigenvalue weighted by Gasteiger charge is -2.42. The standard InChI is InChI=1S/C22H23N5O4S/c1-5-31-21(29)20-24-27(17-9-7-6-8-10-17)22(32-20)25(3)19(23-26(22)15(2)28)16-11-13-18(30-4)14-12-16/h6-14H,5H2,1-4H3. The van der Waals surface area contributed by atoms with E-state index in [1.165, 1.54) is 11.9 Å². The molecule has 2 aliphatic heterocycles. The fourth-order valence-electron chi connectivity index (χ4n) is 3.54. The number of amidine groups is 1. The van der Waals surface area contributed by atoms with Crippen molar-refractivity contribution in [1.29, 1.82) is 0 Å². The molecule has 32 heavy (non-hydrogen) atoms. The van der Waals surface area contributed by atoms with E-state index in [-0.39, 0.29) is 17.6 Å². The van der Waals surface area contributed by atoms with E-state index >= 15 is 0 Å². The van der Waals surface area contributed by atoms with Gasteiger partial charge in [-0.25, -0.2) is 9.80 Å². The summed E-state index contributed by atoms with van der Waals surface area (Å²) in [5.41, 5.74) is 1.48. The number of para-hydroxylation sites is 1.